The maximum absolute atomic E-state index is 13.2. The zero-order valence-electron chi connectivity index (χ0n) is 22.2. The van der Waals surface area contributed by atoms with Crippen LogP contribution in [-0.2, 0) is 13.0 Å². The third-order valence-corrected chi connectivity index (χ3v) is 6.31. The van der Waals surface area contributed by atoms with Crippen molar-refractivity contribution in [2.45, 2.75) is 32.2 Å². The van der Waals surface area contributed by atoms with Crippen molar-refractivity contribution in [3.8, 4) is 11.5 Å². The number of nitrogens with zero attached hydrogens (tertiary/aromatic N) is 1. The molecule has 1 aliphatic carbocycles. The Morgan fingerprint density at radius 1 is 1.10 bits per heavy atom. The van der Waals surface area contributed by atoms with E-state index in [0.717, 1.165) is 18.4 Å². The Balaban J connectivity index is 1.43. The third-order valence-electron chi connectivity index (χ3n) is 6.31. The van der Waals surface area contributed by atoms with Crippen LogP contribution in [0.5, 0.6) is 11.5 Å². The second-order valence-electron chi connectivity index (χ2n) is 8.25. The maximum Gasteiger partial charge on any atom is 0.166 e. The smallest absolute Gasteiger partial charge is 0.166 e. The van der Waals surface area contributed by atoms with Gasteiger partial charge in [0, 0.05) is 17.0 Å². The minimum atomic E-state index is -2.83. The van der Waals surface area contributed by atoms with Crippen LogP contribution in [0.2, 0.25) is 0 Å². The number of fused-ring (bicyclic) bond motifs is 1. The van der Waals surface area contributed by atoms with E-state index >= 15 is 0 Å². The molecule has 0 saturated carbocycles. The number of ketones is 1. The molecule has 0 amide bonds. The summed E-state index contributed by atoms with van der Waals surface area (Å²) in [4.78, 5) is 13.1. The lowest BCUT2D eigenvalue weighted by molar-refractivity contribution is -0.899. The quantitative estimate of drug-likeness (QED) is 0.533. The van der Waals surface area contributed by atoms with Gasteiger partial charge < -0.3 is 19.3 Å². The van der Waals surface area contributed by atoms with Crippen molar-refractivity contribution in [2.75, 3.05) is 27.2 Å². The molecule has 1 heterocycles. The highest BCUT2D eigenvalue weighted by atomic mass is 16.5. The molecule has 154 valence electrons. The van der Waals surface area contributed by atoms with Gasteiger partial charge in [-0.1, -0.05) is 30.3 Å². The molecule has 2 aromatic carbocycles. The van der Waals surface area contributed by atoms with E-state index in [1.54, 1.807) is 0 Å². The Labute approximate surface area is 180 Å². The fourth-order valence-electron chi connectivity index (χ4n) is 4.73. The summed E-state index contributed by atoms with van der Waals surface area (Å²) in [6.07, 6.45) is 2.51. The van der Waals surface area contributed by atoms with Crippen LogP contribution >= 0.6 is 0 Å². The van der Waals surface area contributed by atoms with E-state index in [1.807, 2.05) is 30.3 Å². The molecule has 0 radical (unpaired) electrons. The molecule has 1 saturated heterocycles. The highest BCUT2D eigenvalue weighted by Gasteiger charge is 2.36. The number of likely N-dealkylation sites (tertiary alicyclic amines) is 1. The zero-order valence-corrected chi connectivity index (χ0v) is 16.2. The maximum atomic E-state index is 13.2. The average molecular weight is 402 g/mol. The minimum absolute atomic E-state index is 0.117. The molecule has 1 unspecified atom stereocenters. The van der Waals surface area contributed by atoms with Crippen LogP contribution in [0.25, 0.3) is 0 Å². The number of rotatable bonds is 6. The van der Waals surface area contributed by atoms with Crippen LogP contribution in [0.3, 0.4) is 0 Å². The highest BCUT2D eigenvalue weighted by Crippen LogP contribution is 2.40. The van der Waals surface area contributed by atoms with Gasteiger partial charge in [0.25, 0.3) is 0 Å². The molecule has 0 bridgehead atoms. The number of Topliss-reactive ketones (excluding diaryl/α,β-unsaturated/α-hetero) is 1. The van der Waals surface area contributed by atoms with E-state index < -0.39 is 14.1 Å². The van der Waals surface area contributed by atoms with Gasteiger partial charge in [0.05, 0.1) is 35.4 Å². The number of ether oxygens (including phenoxy) is 2. The molecule has 0 N–H and O–H groups in total. The van der Waals surface area contributed by atoms with Crippen LogP contribution in [0, 0.1) is 17.0 Å². The van der Waals surface area contributed by atoms with Crippen LogP contribution in [-0.4, -0.2) is 37.6 Å². The van der Waals surface area contributed by atoms with Crippen molar-refractivity contribution < 1.29 is 27.1 Å². The number of carbonyl (C=O) groups excluding carboxylic acids is 1. The number of hydrogen-bond acceptors (Lipinski definition) is 4. The molecule has 1 fully saturated rings. The Bertz CT molecular complexity index is 1060. The van der Waals surface area contributed by atoms with Gasteiger partial charge >= 0.3 is 0 Å². The number of quaternary nitrogens is 1. The Morgan fingerprint density at radius 3 is 2.48 bits per heavy atom. The van der Waals surface area contributed by atoms with Crippen molar-refractivity contribution >= 4 is 5.78 Å². The first-order valence-corrected chi connectivity index (χ1v) is 10.0. The molecular weight excluding hydrogens is 366 g/mol. The monoisotopic (exact) mass is 401 g/mol. The topological polar surface area (TPSA) is 58.6 Å². The summed E-state index contributed by atoms with van der Waals surface area (Å²) in [7, 11) is -5.62. The molecule has 0 spiro atoms. The van der Waals surface area contributed by atoms with E-state index in [2.05, 4.69) is 0 Å². The Morgan fingerprint density at radius 2 is 1.79 bits per heavy atom. The van der Waals surface area contributed by atoms with Crippen LogP contribution in [0.15, 0.2) is 42.5 Å². The summed E-state index contributed by atoms with van der Waals surface area (Å²) in [5, 5.41) is 13.2. The van der Waals surface area contributed by atoms with Crippen LogP contribution < -0.4 is 9.47 Å². The minimum Gasteiger partial charge on any atom is -0.633 e. The summed E-state index contributed by atoms with van der Waals surface area (Å²) >= 11 is 0. The largest absolute Gasteiger partial charge is 0.633 e. The standard InChI is InChI=1S/C24H29NO4/c1-28-22-14-19-13-20(24(26)21(19)15-23(22)29-2)12-17-8-10-25(27,11-9-17)16-18-6-4-3-5-7-18/h3-7,14-15,17,20H,8-13,16H2,1-2H3/i1D3,2D3. The lowest BCUT2D eigenvalue weighted by Crippen LogP contribution is -2.47. The van der Waals surface area contributed by atoms with Crippen molar-refractivity contribution in [2.24, 2.45) is 11.8 Å². The first kappa shape index (κ1) is 13.8. The van der Waals surface area contributed by atoms with Gasteiger partial charge in [-0.2, -0.15) is 0 Å². The number of benzene rings is 2. The van der Waals surface area contributed by atoms with E-state index in [1.165, 1.54) is 12.1 Å². The third kappa shape index (κ3) is 4.16. The predicted octanol–water partition coefficient (Wildman–Crippen LogP) is 4.37. The summed E-state index contributed by atoms with van der Waals surface area (Å²) in [6, 6.07) is 12.4. The molecule has 0 aromatic heterocycles. The molecule has 1 atom stereocenters. The van der Waals surface area contributed by atoms with Gasteiger partial charge in [0.2, 0.25) is 0 Å². The van der Waals surface area contributed by atoms with Crippen molar-refractivity contribution in [3.05, 3.63) is 64.4 Å². The predicted molar refractivity (Wildman–Crippen MR) is 112 cm³/mol. The van der Waals surface area contributed by atoms with Crippen molar-refractivity contribution in [1.82, 2.24) is 0 Å². The molecule has 1 aliphatic heterocycles. The van der Waals surface area contributed by atoms with Gasteiger partial charge in [-0.05, 0) is 49.3 Å². The molecule has 2 aromatic rings. The van der Waals surface area contributed by atoms with E-state index in [0.29, 0.717) is 43.6 Å². The van der Waals surface area contributed by atoms with Gasteiger partial charge in [-0.3, -0.25) is 4.79 Å². The zero-order chi connectivity index (χ0) is 25.4. The average Bonchev–Trinajstić information content (AvgIpc) is 3.03. The second kappa shape index (κ2) is 8.17. The number of piperidine rings is 1. The van der Waals surface area contributed by atoms with Gasteiger partial charge in [-0.25, -0.2) is 0 Å². The lowest BCUT2D eigenvalue weighted by atomic mass is 9.85. The fraction of sp³-hybridized carbons (Fsp3) is 0.458. The molecule has 4 rings (SSSR count). The molecule has 29 heavy (non-hydrogen) atoms. The van der Waals surface area contributed by atoms with E-state index in [4.69, 9.17) is 17.7 Å². The lowest BCUT2D eigenvalue weighted by Gasteiger charge is -2.47. The van der Waals surface area contributed by atoms with Gasteiger partial charge in [-0.15, -0.1) is 0 Å². The van der Waals surface area contributed by atoms with Crippen LogP contribution in [0.4, 0.5) is 0 Å². The summed E-state index contributed by atoms with van der Waals surface area (Å²) < 4.78 is 53.8. The first-order chi connectivity index (χ1) is 16.3. The Kier molecular flexibility index (Phi) is 3.88. The molecule has 2 aliphatic rings. The van der Waals surface area contributed by atoms with Gasteiger partial charge in [0.15, 0.2) is 17.3 Å². The summed E-state index contributed by atoms with van der Waals surface area (Å²) in [5.74, 6) is -0.695. The fourth-order valence-corrected chi connectivity index (χ4v) is 4.73. The highest BCUT2D eigenvalue weighted by molar-refractivity contribution is 6.02. The Hall–Kier alpha value is -2.37. The summed E-state index contributed by atoms with van der Waals surface area (Å²) in [5.41, 5.74) is 1.97. The molecular formula is C24H29NO4. The second-order valence-corrected chi connectivity index (χ2v) is 8.25. The SMILES string of the molecule is [2H]C([2H])([2H])Oc1cc2c(cc1OC([2H])([2H])[2H])C(=O)C(CC1CC[N+]([O-])(Cc3ccccc3)CC1)C2. The normalized spacial score (nSPS) is 30.2. The molecule has 5 heteroatoms. The number of hydrogen-bond donors (Lipinski definition) is 0. The summed E-state index contributed by atoms with van der Waals surface area (Å²) in [6.45, 7) is 1.45. The number of methoxy groups -OCH3 is 2. The van der Waals surface area contributed by atoms with Crippen molar-refractivity contribution in [3.63, 3.8) is 0 Å². The van der Waals surface area contributed by atoms with Crippen molar-refractivity contribution in [1.29, 1.82) is 0 Å². The van der Waals surface area contributed by atoms with E-state index in [9.17, 15) is 10.0 Å². The number of hydroxylamine groups is 3. The first-order valence-electron chi connectivity index (χ1n) is 13.0. The van der Waals surface area contributed by atoms with Crippen LogP contribution in [0.1, 0.15) is 49.0 Å². The number of carbonyl (C=O) groups is 1. The van der Waals surface area contributed by atoms with E-state index in [-0.39, 0.29) is 33.8 Å². The van der Waals surface area contributed by atoms with Gasteiger partial charge in [0.1, 0.15) is 6.54 Å². The molecule has 5 nitrogen and oxygen atoms in total.